The highest BCUT2D eigenvalue weighted by Crippen LogP contribution is 2.25. The number of amides is 1. The molecule has 4 rings (SSSR count). The van der Waals surface area contributed by atoms with Gasteiger partial charge < -0.3 is 10.3 Å². The minimum Gasteiger partial charge on any atom is -0.353 e. The molecule has 0 aliphatic rings. The van der Waals surface area contributed by atoms with Crippen LogP contribution in [0.2, 0.25) is 0 Å². The number of nitrogens with one attached hydrogen (secondary N) is 3. The second-order valence-electron chi connectivity index (χ2n) is 5.58. The Bertz CT molecular complexity index is 971. The van der Waals surface area contributed by atoms with Crippen LogP contribution < -0.4 is 5.32 Å². The lowest BCUT2D eigenvalue weighted by molar-refractivity contribution is 0.0952. The van der Waals surface area contributed by atoms with Crippen LogP contribution in [0.5, 0.6) is 0 Å². The van der Waals surface area contributed by atoms with E-state index in [9.17, 15) is 4.79 Å². The van der Waals surface area contributed by atoms with Crippen molar-refractivity contribution in [1.29, 1.82) is 0 Å². The van der Waals surface area contributed by atoms with Gasteiger partial charge in [-0.05, 0) is 29.8 Å². The van der Waals surface area contributed by atoms with Gasteiger partial charge in [-0.25, -0.2) is 0 Å². The molecule has 118 valence electrons. The molecule has 0 bridgehead atoms. The summed E-state index contributed by atoms with van der Waals surface area (Å²) in [5.74, 6) is -0.0861. The van der Waals surface area contributed by atoms with E-state index < -0.39 is 0 Å². The van der Waals surface area contributed by atoms with Crippen LogP contribution in [0.25, 0.3) is 22.3 Å². The lowest BCUT2D eigenvalue weighted by Crippen LogP contribution is -2.22. The molecule has 5 heteroatoms. The van der Waals surface area contributed by atoms with Gasteiger partial charge in [-0.3, -0.25) is 9.89 Å². The first-order valence-electron chi connectivity index (χ1n) is 7.75. The summed E-state index contributed by atoms with van der Waals surface area (Å²) in [4.78, 5) is 15.9. The van der Waals surface area contributed by atoms with Crippen LogP contribution in [0.4, 0.5) is 0 Å². The molecule has 0 aliphatic heterocycles. The maximum Gasteiger partial charge on any atom is 0.252 e. The number of carbonyl (C=O) groups is 1. The SMILES string of the molecule is O=C(NCc1ccccc1)c1cccc2[nH]c(-c3cc[nH]n3)cc12. The van der Waals surface area contributed by atoms with Crippen molar-refractivity contribution in [1.82, 2.24) is 20.5 Å². The zero-order chi connectivity index (χ0) is 16.4. The second kappa shape index (κ2) is 6.04. The van der Waals surface area contributed by atoms with Gasteiger partial charge in [-0.2, -0.15) is 5.10 Å². The Hall–Kier alpha value is -3.34. The Morgan fingerprint density at radius 3 is 2.71 bits per heavy atom. The van der Waals surface area contributed by atoms with E-state index in [4.69, 9.17) is 0 Å². The number of benzene rings is 2. The van der Waals surface area contributed by atoms with Gasteiger partial charge in [0.25, 0.3) is 5.91 Å². The third-order valence-electron chi connectivity index (χ3n) is 3.98. The zero-order valence-electron chi connectivity index (χ0n) is 12.9. The highest BCUT2D eigenvalue weighted by Gasteiger charge is 2.13. The van der Waals surface area contributed by atoms with E-state index in [1.165, 1.54) is 0 Å². The van der Waals surface area contributed by atoms with Crippen molar-refractivity contribution in [2.45, 2.75) is 6.54 Å². The van der Waals surface area contributed by atoms with Gasteiger partial charge in [0.2, 0.25) is 0 Å². The van der Waals surface area contributed by atoms with Crippen LogP contribution >= 0.6 is 0 Å². The molecular formula is C19H16N4O. The minimum absolute atomic E-state index is 0.0861. The van der Waals surface area contributed by atoms with Crippen LogP contribution in [0.15, 0.2) is 66.9 Å². The standard InChI is InChI=1S/C19H16N4O/c24-19(20-12-13-5-2-1-3-6-13)14-7-4-8-16-15(14)11-18(22-16)17-9-10-21-23-17/h1-11,22H,12H2,(H,20,24)(H,21,23). The largest absolute Gasteiger partial charge is 0.353 e. The van der Waals surface area contributed by atoms with E-state index in [1.807, 2.05) is 60.7 Å². The van der Waals surface area contributed by atoms with Crippen molar-refractivity contribution in [3.8, 4) is 11.4 Å². The second-order valence-corrected chi connectivity index (χ2v) is 5.58. The first-order valence-corrected chi connectivity index (χ1v) is 7.75. The Morgan fingerprint density at radius 1 is 1.04 bits per heavy atom. The zero-order valence-corrected chi connectivity index (χ0v) is 12.9. The Kier molecular flexibility index (Phi) is 3.59. The van der Waals surface area contributed by atoms with Gasteiger partial charge in [0.15, 0.2) is 0 Å². The third-order valence-corrected chi connectivity index (χ3v) is 3.98. The van der Waals surface area contributed by atoms with E-state index in [0.717, 1.165) is 27.9 Å². The number of hydrogen-bond donors (Lipinski definition) is 3. The number of hydrogen-bond acceptors (Lipinski definition) is 2. The van der Waals surface area contributed by atoms with Crippen molar-refractivity contribution < 1.29 is 4.79 Å². The molecule has 0 radical (unpaired) electrons. The van der Waals surface area contributed by atoms with Gasteiger partial charge in [0.05, 0.1) is 5.69 Å². The molecule has 1 amide bonds. The average Bonchev–Trinajstić information content (AvgIpc) is 3.29. The predicted molar refractivity (Wildman–Crippen MR) is 93.5 cm³/mol. The molecule has 0 fully saturated rings. The smallest absolute Gasteiger partial charge is 0.252 e. The highest BCUT2D eigenvalue weighted by atomic mass is 16.1. The molecule has 0 saturated carbocycles. The number of fused-ring (bicyclic) bond motifs is 1. The monoisotopic (exact) mass is 316 g/mol. The Labute approximate surface area is 138 Å². The first-order chi connectivity index (χ1) is 11.8. The first kappa shape index (κ1) is 14.3. The molecule has 2 aromatic heterocycles. The van der Waals surface area contributed by atoms with E-state index in [2.05, 4.69) is 20.5 Å². The van der Waals surface area contributed by atoms with Crippen molar-refractivity contribution in [3.63, 3.8) is 0 Å². The highest BCUT2D eigenvalue weighted by molar-refractivity contribution is 6.07. The number of rotatable bonds is 4. The van der Waals surface area contributed by atoms with Crippen LogP contribution in [0.1, 0.15) is 15.9 Å². The number of nitrogens with zero attached hydrogens (tertiary/aromatic N) is 1. The number of aromatic amines is 2. The summed E-state index contributed by atoms with van der Waals surface area (Å²) in [6.07, 6.45) is 1.77. The summed E-state index contributed by atoms with van der Waals surface area (Å²) < 4.78 is 0. The number of carbonyl (C=O) groups excluding carboxylic acids is 1. The normalized spacial score (nSPS) is 10.8. The van der Waals surface area contributed by atoms with Crippen LogP contribution in [0, 0.1) is 0 Å². The fraction of sp³-hybridized carbons (Fsp3) is 0.0526. The molecule has 0 unspecified atom stereocenters. The van der Waals surface area contributed by atoms with Gasteiger partial charge in [-0.1, -0.05) is 36.4 Å². The van der Waals surface area contributed by atoms with Gasteiger partial charge in [0.1, 0.15) is 5.69 Å². The number of H-pyrrole nitrogens is 2. The average molecular weight is 316 g/mol. The molecule has 2 aromatic carbocycles. The molecule has 24 heavy (non-hydrogen) atoms. The summed E-state index contributed by atoms with van der Waals surface area (Å²) in [6, 6.07) is 19.4. The summed E-state index contributed by atoms with van der Waals surface area (Å²) in [7, 11) is 0. The number of aromatic nitrogens is 3. The van der Waals surface area contributed by atoms with Crippen LogP contribution in [-0.4, -0.2) is 21.1 Å². The topological polar surface area (TPSA) is 73.6 Å². The summed E-state index contributed by atoms with van der Waals surface area (Å²) >= 11 is 0. The third kappa shape index (κ3) is 2.67. The molecule has 0 atom stereocenters. The summed E-state index contributed by atoms with van der Waals surface area (Å²) in [5, 5.41) is 10.8. The van der Waals surface area contributed by atoms with Gasteiger partial charge in [0, 0.05) is 29.2 Å². The maximum absolute atomic E-state index is 12.6. The van der Waals surface area contributed by atoms with E-state index in [-0.39, 0.29) is 5.91 Å². The lowest BCUT2D eigenvalue weighted by Gasteiger charge is -2.06. The molecule has 3 N–H and O–H groups in total. The molecule has 2 heterocycles. The van der Waals surface area contributed by atoms with Crippen molar-refractivity contribution >= 4 is 16.8 Å². The molecule has 5 nitrogen and oxygen atoms in total. The minimum atomic E-state index is -0.0861. The Morgan fingerprint density at radius 2 is 1.92 bits per heavy atom. The molecule has 4 aromatic rings. The quantitative estimate of drug-likeness (QED) is 0.539. The van der Waals surface area contributed by atoms with Crippen LogP contribution in [0.3, 0.4) is 0 Å². The van der Waals surface area contributed by atoms with E-state index >= 15 is 0 Å². The van der Waals surface area contributed by atoms with Gasteiger partial charge >= 0.3 is 0 Å². The fourth-order valence-corrected chi connectivity index (χ4v) is 2.77. The van der Waals surface area contributed by atoms with Gasteiger partial charge in [-0.15, -0.1) is 0 Å². The van der Waals surface area contributed by atoms with E-state index in [0.29, 0.717) is 12.1 Å². The van der Waals surface area contributed by atoms with Crippen molar-refractivity contribution in [2.75, 3.05) is 0 Å². The molecule has 0 spiro atoms. The maximum atomic E-state index is 12.6. The molecule has 0 aliphatic carbocycles. The summed E-state index contributed by atoms with van der Waals surface area (Å²) in [6.45, 7) is 0.507. The van der Waals surface area contributed by atoms with Crippen molar-refractivity contribution in [3.05, 3.63) is 78.0 Å². The van der Waals surface area contributed by atoms with Crippen molar-refractivity contribution in [2.24, 2.45) is 0 Å². The molecular weight excluding hydrogens is 300 g/mol. The lowest BCUT2D eigenvalue weighted by atomic mass is 10.1. The summed E-state index contributed by atoms with van der Waals surface area (Å²) in [5.41, 5.74) is 4.35. The predicted octanol–water partition coefficient (Wildman–Crippen LogP) is 3.49. The van der Waals surface area contributed by atoms with Crippen LogP contribution in [-0.2, 0) is 6.54 Å². The fourth-order valence-electron chi connectivity index (χ4n) is 2.77. The van der Waals surface area contributed by atoms with E-state index in [1.54, 1.807) is 6.20 Å². The molecule has 0 saturated heterocycles. The Balaban J connectivity index is 1.62.